The van der Waals surface area contributed by atoms with Crippen LogP contribution in [0.1, 0.15) is 5.01 Å². The number of rotatable bonds is 4. The Morgan fingerprint density at radius 1 is 1.29 bits per heavy atom. The standard InChI is InChI=1S/C16H11N3O3S2/c20-16(21)12-8-23-14(19-12)15-18-11-4-3-9(6-13(11)24-15)22-10-2-1-5-17-7-10/h1-7,12H,8H2,(H,20,21). The second-order valence-corrected chi connectivity index (χ2v) is 7.08. The van der Waals surface area contributed by atoms with Gasteiger partial charge >= 0.3 is 5.97 Å². The molecule has 2 aromatic heterocycles. The van der Waals surface area contributed by atoms with E-state index >= 15 is 0 Å². The number of hydrogen-bond acceptors (Lipinski definition) is 7. The van der Waals surface area contributed by atoms with Crippen LogP contribution < -0.4 is 4.74 Å². The number of carbonyl (C=O) groups is 1. The molecular weight excluding hydrogens is 346 g/mol. The predicted molar refractivity (Wildman–Crippen MR) is 94.3 cm³/mol. The van der Waals surface area contributed by atoms with E-state index in [1.807, 2.05) is 30.3 Å². The summed E-state index contributed by atoms with van der Waals surface area (Å²) in [7, 11) is 0. The number of thioether (sulfide) groups is 1. The molecule has 4 rings (SSSR count). The van der Waals surface area contributed by atoms with Crippen molar-refractivity contribution in [3.63, 3.8) is 0 Å². The average molecular weight is 357 g/mol. The number of nitrogens with zero attached hydrogens (tertiary/aromatic N) is 3. The van der Waals surface area contributed by atoms with Gasteiger partial charge < -0.3 is 9.84 Å². The van der Waals surface area contributed by atoms with Crippen LogP contribution in [-0.2, 0) is 4.79 Å². The van der Waals surface area contributed by atoms with E-state index in [4.69, 9.17) is 9.84 Å². The number of hydrogen-bond donors (Lipinski definition) is 1. The van der Waals surface area contributed by atoms with E-state index in [1.54, 1.807) is 12.4 Å². The van der Waals surface area contributed by atoms with E-state index in [1.165, 1.54) is 23.1 Å². The van der Waals surface area contributed by atoms with Gasteiger partial charge in [-0.3, -0.25) is 9.98 Å². The predicted octanol–water partition coefficient (Wildman–Crippen LogP) is 3.43. The monoisotopic (exact) mass is 357 g/mol. The van der Waals surface area contributed by atoms with E-state index in [9.17, 15) is 4.79 Å². The Balaban J connectivity index is 1.62. The largest absolute Gasteiger partial charge is 0.480 e. The van der Waals surface area contributed by atoms with Gasteiger partial charge in [-0.25, -0.2) is 9.78 Å². The average Bonchev–Trinajstić information content (AvgIpc) is 3.22. The third-order valence-corrected chi connectivity index (χ3v) is 5.56. The summed E-state index contributed by atoms with van der Waals surface area (Å²) in [4.78, 5) is 23.8. The molecule has 0 radical (unpaired) electrons. The fraction of sp³-hybridized carbons (Fsp3) is 0.125. The number of ether oxygens (including phenoxy) is 1. The summed E-state index contributed by atoms with van der Waals surface area (Å²) in [5.41, 5.74) is 0.843. The zero-order valence-electron chi connectivity index (χ0n) is 12.2. The van der Waals surface area contributed by atoms with E-state index in [-0.39, 0.29) is 0 Å². The number of benzene rings is 1. The molecule has 1 aromatic carbocycles. The zero-order chi connectivity index (χ0) is 16.5. The molecule has 0 spiro atoms. The molecular formula is C16H11N3O3S2. The number of carboxylic acids is 1. The van der Waals surface area contributed by atoms with Crippen molar-refractivity contribution in [2.24, 2.45) is 4.99 Å². The third kappa shape index (κ3) is 2.98. The molecule has 0 bridgehead atoms. The van der Waals surface area contributed by atoms with Crippen molar-refractivity contribution in [3.05, 3.63) is 47.7 Å². The molecule has 1 unspecified atom stereocenters. The Hall–Kier alpha value is -2.45. The Kier molecular flexibility index (Phi) is 3.91. The van der Waals surface area contributed by atoms with Gasteiger partial charge in [-0.15, -0.1) is 23.1 Å². The lowest BCUT2D eigenvalue weighted by molar-refractivity contribution is -0.137. The van der Waals surface area contributed by atoms with Crippen molar-refractivity contribution in [2.45, 2.75) is 6.04 Å². The summed E-state index contributed by atoms with van der Waals surface area (Å²) in [6, 6.07) is 8.62. The normalized spacial score (nSPS) is 17.0. The van der Waals surface area contributed by atoms with Crippen LogP contribution in [0.5, 0.6) is 11.5 Å². The molecule has 0 saturated heterocycles. The lowest BCUT2D eigenvalue weighted by atomic mass is 10.3. The van der Waals surface area contributed by atoms with Gasteiger partial charge in [0.1, 0.15) is 21.6 Å². The number of pyridine rings is 1. The molecule has 0 aliphatic carbocycles. The van der Waals surface area contributed by atoms with Gasteiger partial charge in [0.2, 0.25) is 0 Å². The molecule has 0 saturated carbocycles. The van der Waals surface area contributed by atoms with E-state index in [2.05, 4.69) is 15.0 Å². The first-order valence-corrected chi connectivity index (χ1v) is 8.91. The molecule has 6 nitrogen and oxygen atoms in total. The summed E-state index contributed by atoms with van der Waals surface area (Å²) in [5.74, 6) is 0.929. The lowest BCUT2D eigenvalue weighted by Crippen LogP contribution is -2.17. The van der Waals surface area contributed by atoms with E-state index in [0.717, 1.165) is 15.2 Å². The van der Waals surface area contributed by atoms with Crippen molar-refractivity contribution in [2.75, 3.05) is 5.75 Å². The first-order chi connectivity index (χ1) is 11.7. The molecule has 8 heteroatoms. The third-order valence-electron chi connectivity index (χ3n) is 3.35. The van der Waals surface area contributed by atoms with Crippen LogP contribution in [0.15, 0.2) is 47.7 Å². The summed E-state index contributed by atoms with van der Waals surface area (Å²) in [5, 5.41) is 10.5. The molecule has 1 aliphatic heterocycles. The van der Waals surface area contributed by atoms with Crippen molar-refractivity contribution in [1.29, 1.82) is 0 Å². The van der Waals surface area contributed by atoms with Crippen LogP contribution in [0.4, 0.5) is 0 Å². The SMILES string of the molecule is O=C(O)C1CSC(c2nc3ccc(Oc4cccnc4)cc3s2)=N1. The number of fused-ring (bicyclic) bond motifs is 1. The van der Waals surface area contributed by atoms with Gasteiger partial charge in [0, 0.05) is 18.0 Å². The highest BCUT2D eigenvalue weighted by Gasteiger charge is 2.26. The number of aromatic nitrogens is 2. The molecule has 1 atom stereocenters. The Morgan fingerprint density at radius 2 is 2.21 bits per heavy atom. The summed E-state index contributed by atoms with van der Waals surface area (Å²) < 4.78 is 6.74. The molecule has 1 N–H and O–H groups in total. The van der Waals surface area contributed by atoms with Crippen LogP contribution in [0, 0.1) is 0 Å². The van der Waals surface area contributed by atoms with Crippen LogP contribution in [-0.4, -0.2) is 37.9 Å². The minimum absolute atomic E-state index is 0.454. The van der Waals surface area contributed by atoms with Gasteiger partial charge in [-0.1, -0.05) is 0 Å². The first-order valence-electron chi connectivity index (χ1n) is 7.11. The summed E-state index contributed by atoms with van der Waals surface area (Å²) >= 11 is 2.91. The van der Waals surface area contributed by atoms with Crippen molar-refractivity contribution in [3.8, 4) is 11.5 Å². The summed E-state index contributed by atoms with van der Waals surface area (Å²) in [6.07, 6.45) is 3.34. The maximum absolute atomic E-state index is 11.0. The quantitative estimate of drug-likeness (QED) is 0.770. The molecule has 24 heavy (non-hydrogen) atoms. The van der Waals surface area contributed by atoms with Gasteiger partial charge in [-0.2, -0.15) is 0 Å². The van der Waals surface area contributed by atoms with Gasteiger partial charge in [-0.05, 0) is 24.3 Å². The Morgan fingerprint density at radius 3 is 2.96 bits per heavy atom. The van der Waals surface area contributed by atoms with Crippen LogP contribution in [0.25, 0.3) is 10.2 Å². The van der Waals surface area contributed by atoms with Crippen LogP contribution >= 0.6 is 23.1 Å². The topological polar surface area (TPSA) is 84.7 Å². The zero-order valence-corrected chi connectivity index (χ0v) is 13.9. The highest BCUT2D eigenvalue weighted by molar-refractivity contribution is 8.15. The number of aliphatic carboxylic acids is 1. The maximum Gasteiger partial charge on any atom is 0.329 e. The highest BCUT2D eigenvalue weighted by atomic mass is 32.2. The number of carboxylic acid groups (broad SMARTS) is 1. The molecule has 1 aliphatic rings. The second-order valence-electron chi connectivity index (χ2n) is 5.04. The van der Waals surface area contributed by atoms with Crippen molar-refractivity contribution in [1.82, 2.24) is 9.97 Å². The molecule has 120 valence electrons. The second kappa shape index (κ2) is 6.21. The van der Waals surface area contributed by atoms with Gasteiger partial charge in [0.25, 0.3) is 0 Å². The number of thiazole rings is 1. The van der Waals surface area contributed by atoms with Crippen molar-refractivity contribution >= 4 is 44.3 Å². The number of aliphatic imine (C=N–C) groups is 1. The lowest BCUT2D eigenvalue weighted by Gasteiger charge is -2.03. The minimum Gasteiger partial charge on any atom is -0.480 e. The molecule has 0 fully saturated rings. The Labute approximate surface area is 145 Å². The van der Waals surface area contributed by atoms with Crippen LogP contribution in [0.3, 0.4) is 0 Å². The van der Waals surface area contributed by atoms with Gasteiger partial charge in [0.15, 0.2) is 6.04 Å². The Bertz CT molecular complexity index is 940. The van der Waals surface area contributed by atoms with Gasteiger partial charge in [0.05, 0.1) is 16.4 Å². The van der Waals surface area contributed by atoms with Crippen LogP contribution in [0.2, 0.25) is 0 Å². The fourth-order valence-corrected chi connectivity index (χ4v) is 4.31. The smallest absolute Gasteiger partial charge is 0.329 e. The fourth-order valence-electron chi connectivity index (χ4n) is 2.22. The van der Waals surface area contributed by atoms with E-state index < -0.39 is 12.0 Å². The van der Waals surface area contributed by atoms with E-state index in [0.29, 0.717) is 22.3 Å². The molecule has 3 heterocycles. The minimum atomic E-state index is -0.897. The summed E-state index contributed by atoms with van der Waals surface area (Å²) in [6.45, 7) is 0. The first kappa shape index (κ1) is 15.1. The maximum atomic E-state index is 11.0. The highest BCUT2D eigenvalue weighted by Crippen LogP contribution is 2.32. The van der Waals surface area contributed by atoms with Crippen molar-refractivity contribution < 1.29 is 14.6 Å². The molecule has 0 amide bonds. The molecule has 3 aromatic rings.